The van der Waals surface area contributed by atoms with Crippen LogP contribution in [0, 0.1) is 24.2 Å². The van der Waals surface area contributed by atoms with Crippen LogP contribution in [0.15, 0.2) is 182 Å². The largest absolute Gasteiger partial charge is 1.00 e. The Kier molecular flexibility index (Phi) is 19.2. The molecule has 0 amide bonds. The van der Waals surface area contributed by atoms with E-state index in [0.717, 1.165) is 5.92 Å². The predicted octanol–water partition coefficient (Wildman–Crippen LogP) is 8.08. The van der Waals surface area contributed by atoms with E-state index in [9.17, 15) is 0 Å². The van der Waals surface area contributed by atoms with Crippen molar-refractivity contribution in [3.63, 3.8) is 0 Å². The average molecular weight is 725 g/mol. The molecule has 5 radical (unpaired) electrons. The van der Waals surface area contributed by atoms with Gasteiger partial charge in [0.15, 0.2) is 0 Å². The van der Waals surface area contributed by atoms with Gasteiger partial charge in [0.25, 0.3) is 0 Å². The monoisotopic (exact) mass is 725 g/mol. The Bertz CT molecular complexity index is 1270. The molecule has 0 heterocycles. The smallest absolute Gasteiger partial charge is 0.120 e. The Morgan fingerprint density at radius 2 is 0.565 bits per heavy atom. The van der Waals surface area contributed by atoms with E-state index in [1.165, 1.54) is 31.8 Å². The Labute approximate surface area is 291 Å². The molecule has 0 aromatic heterocycles. The molecule has 6 rings (SSSR count). The fourth-order valence-corrected chi connectivity index (χ4v) is 8.97. The van der Waals surface area contributed by atoms with Crippen LogP contribution in [-0.2, 0) is 19.5 Å². The van der Waals surface area contributed by atoms with Crippen LogP contribution in [0.1, 0.15) is 13.8 Å². The van der Waals surface area contributed by atoms with Crippen LogP contribution in [-0.4, -0.2) is 0 Å². The minimum atomic E-state index is -0.446. The van der Waals surface area contributed by atoms with E-state index in [1.807, 2.05) is 20.3 Å². The van der Waals surface area contributed by atoms with E-state index in [4.69, 9.17) is 10.5 Å². The van der Waals surface area contributed by atoms with Gasteiger partial charge in [-0.2, -0.15) is 0 Å². The molecule has 0 spiro atoms. The molecule has 0 saturated carbocycles. The van der Waals surface area contributed by atoms with Crippen molar-refractivity contribution in [3.8, 4) is 0 Å². The molecule has 0 aliphatic carbocycles. The second kappa shape index (κ2) is 22.8. The van der Waals surface area contributed by atoms with Crippen molar-refractivity contribution in [2.75, 3.05) is 0 Å². The number of nitroso groups, excluding NO2 is 1. The summed E-state index contributed by atoms with van der Waals surface area (Å²) in [5, 5.41) is 8.39. The van der Waals surface area contributed by atoms with Gasteiger partial charge < -0.3 is 0 Å². The van der Waals surface area contributed by atoms with E-state index < -0.39 is 15.8 Å². The number of hydrogen-bond donors (Lipinski definition) is 0. The molecule has 231 valence electrons. The maximum atomic E-state index is 7.25. The second-order valence-corrected chi connectivity index (χ2v) is 14.3. The van der Waals surface area contributed by atoms with Gasteiger partial charge >= 0.3 is 19.5 Å². The third kappa shape index (κ3) is 12.7. The van der Waals surface area contributed by atoms with Crippen LogP contribution < -0.4 is 37.4 Å². The first-order valence-electron chi connectivity index (χ1n) is 14.7. The van der Waals surface area contributed by atoms with Crippen molar-refractivity contribution in [1.29, 1.82) is 0 Å². The Hall–Kier alpha value is -3.60. The van der Waals surface area contributed by atoms with E-state index in [0.29, 0.717) is 0 Å². The molecule has 5 heteroatoms. The summed E-state index contributed by atoms with van der Waals surface area (Å²) >= 11 is 0. The van der Waals surface area contributed by atoms with Crippen molar-refractivity contribution >= 4 is 47.7 Å². The summed E-state index contributed by atoms with van der Waals surface area (Å²) in [7, 11) is -0.892. The maximum absolute atomic E-state index is 7.25. The van der Waals surface area contributed by atoms with Gasteiger partial charge in [0.05, 0.1) is 0 Å². The van der Waals surface area contributed by atoms with E-state index in [1.54, 1.807) is 0 Å². The zero-order valence-corrected chi connectivity index (χ0v) is 29.7. The minimum Gasteiger partial charge on any atom is -0.120 e. The van der Waals surface area contributed by atoms with Crippen LogP contribution >= 0.6 is 15.8 Å². The first-order chi connectivity index (χ1) is 22.2. The number of benzene rings is 6. The third-order valence-electron chi connectivity index (χ3n) is 6.58. The Morgan fingerprint density at radius 3 is 0.674 bits per heavy atom. The van der Waals surface area contributed by atoms with Crippen LogP contribution in [0.2, 0.25) is 0 Å². The predicted molar refractivity (Wildman–Crippen MR) is 200 cm³/mol. The summed E-state index contributed by atoms with van der Waals surface area (Å²) in [6.07, 6.45) is 1.97. The van der Waals surface area contributed by atoms with Gasteiger partial charge in [-0.15, -0.1) is 4.91 Å². The summed E-state index contributed by atoms with van der Waals surface area (Å²) in [5.74, 6) is 1.13. The standard InChI is InChI=1S/2C18H15P.C5H9.NO.Ru/c2*1-4-10-16(11-5-1)19(17-12-6-2-7-13-17)18-14-8-3-9-15-18;1-4-5(2)3;1-2;/h2*1-15H;4H,2H2,1,3H3;;/q;;;;+1. The summed E-state index contributed by atoms with van der Waals surface area (Å²) in [6, 6.07) is 64.7. The Balaban J connectivity index is 0.000000263. The molecular weight excluding hydrogens is 685 g/mol. The van der Waals surface area contributed by atoms with Gasteiger partial charge in [0.1, 0.15) is 5.59 Å². The van der Waals surface area contributed by atoms with Gasteiger partial charge in [-0.1, -0.05) is 196 Å². The summed E-state index contributed by atoms with van der Waals surface area (Å²) < 4.78 is 0. The summed E-state index contributed by atoms with van der Waals surface area (Å²) in [4.78, 5) is 7.25. The molecule has 0 unspecified atom stereocenters. The fraction of sp³-hybridized carbons (Fsp3) is 0.0488. The molecule has 0 N–H and O–H groups in total. The molecule has 0 fully saturated rings. The summed E-state index contributed by atoms with van der Waals surface area (Å²) in [5.41, 5.74) is 5.75. The van der Waals surface area contributed by atoms with Crippen molar-refractivity contribution < 1.29 is 19.5 Å². The molecule has 2 nitrogen and oxygen atoms in total. The molecule has 0 aliphatic heterocycles. The van der Waals surface area contributed by atoms with Crippen LogP contribution in [0.25, 0.3) is 0 Å². The molecule has 0 saturated heterocycles. The minimum absolute atomic E-state index is 0. The molecule has 0 aliphatic rings. The van der Waals surface area contributed by atoms with Crippen LogP contribution in [0.4, 0.5) is 0 Å². The summed E-state index contributed by atoms with van der Waals surface area (Å²) in [6.45, 7) is 7.56. The molecule has 6 aromatic rings. The van der Waals surface area contributed by atoms with E-state index in [-0.39, 0.29) is 19.5 Å². The third-order valence-corrected chi connectivity index (χ3v) is 11.5. The van der Waals surface area contributed by atoms with Crippen molar-refractivity contribution in [2.24, 2.45) is 0 Å². The van der Waals surface area contributed by atoms with Crippen molar-refractivity contribution in [2.45, 2.75) is 13.8 Å². The zero-order chi connectivity index (χ0) is 32.1. The fourth-order valence-electron chi connectivity index (χ4n) is 4.36. The molecule has 46 heavy (non-hydrogen) atoms. The normalized spacial score (nSPS) is 9.87. The van der Waals surface area contributed by atoms with Crippen molar-refractivity contribution in [1.82, 2.24) is 5.59 Å². The number of hydrogen-bond acceptors (Lipinski definition) is 1. The first-order valence-corrected chi connectivity index (χ1v) is 17.4. The van der Waals surface area contributed by atoms with Gasteiger partial charge in [0, 0.05) is 0 Å². The van der Waals surface area contributed by atoms with Gasteiger partial charge in [-0.05, 0) is 66.9 Å². The van der Waals surface area contributed by atoms with Gasteiger partial charge in [0.2, 0.25) is 0 Å². The van der Waals surface area contributed by atoms with Gasteiger partial charge in [-0.25, -0.2) is 0 Å². The topological polar surface area (TPSA) is 39.4 Å². The number of rotatable bonds is 7. The van der Waals surface area contributed by atoms with Crippen LogP contribution in [0.5, 0.6) is 0 Å². The molecule has 6 aromatic carbocycles. The average Bonchev–Trinajstić information content (AvgIpc) is 3.13. The molecule has 0 atom stereocenters. The van der Waals surface area contributed by atoms with Crippen molar-refractivity contribution in [3.05, 3.63) is 206 Å². The zero-order valence-electron chi connectivity index (χ0n) is 26.2. The molecular formula is C41H39NOP2Ru+. The van der Waals surface area contributed by atoms with Gasteiger partial charge in [-0.3, -0.25) is 0 Å². The Morgan fingerprint density at radius 1 is 0.435 bits per heavy atom. The first kappa shape index (κ1) is 38.6. The maximum Gasteiger partial charge on any atom is 1.00 e. The van der Waals surface area contributed by atoms with Crippen LogP contribution in [0.3, 0.4) is 0 Å². The second-order valence-electron chi connectivity index (χ2n) is 9.82. The SMILES string of the molecule is [CH2][C](C)[CH]C.[N]=O.[Ru+].c1ccc(P(c2ccccc2)c2ccccc2)cc1.c1ccc(P(c2ccccc2)c2ccccc2)cc1. The molecule has 0 bridgehead atoms. The van der Waals surface area contributed by atoms with E-state index >= 15 is 0 Å². The van der Waals surface area contributed by atoms with E-state index in [2.05, 4.69) is 189 Å². The number of nitrogens with zero attached hydrogens (tertiary/aromatic N) is 1. The quantitative estimate of drug-likeness (QED) is 0.121.